The van der Waals surface area contributed by atoms with Crippen LogP contribution in [0.5, 0.6) is 17.4 Å². The zero-order valence-corrected chi connectivity index (χ0v) is 12.3. The minimum absolute atomic E-state index is 0.443. The fraction of sp³-hybridized carbons (Fsp3) is 0.214. The molecule has 0 aliphatic heterocycles. The third-order valence-corrected chi connectivity index (χ3v) is 2.97. The number of aromatic nitrogens is 1. The maximum absolute atomic E-state index is 5.71. The molecule has 0 fully saturated rings. The first kappa shape index (κ1) is 13.7. The Morgan fingerprint density at radius 3 is 2.47 bits per heavy atom. The van der Waals surface area contributed by atoms with Crippen LogP contribution in [0.1, 0.15) is 5.56 Å². The van der Waals surface area contributed by atoms with Crippen molar-refractivity contribution in [2.45, 2.75) is 6.61 Å². The van der Waals surface area contributed by atoms with Gasteiger partial charge in [0, 0.05) is 16.7 Å². The summed E-state index contributed by atoms with van der Waals surface area (Å²) in [7, 11) is 3.21. The van der Waals surface area contributed by atoms with Crippen LogP contribution in [0.15, 0.2) is 41.0 Å². The summed E-state index contributed by atoms with van der Waals surface area (Å²) in [5.41, 5.74) is 1.04. The van der Waals surface area contributed by atoms with E-state index in [0.717, 1.165) is 15.8 Å². The molecule has 2 aromatic rings. The molecule has 4 nitrogen and oxygen atoms in total. The lowest BCUT2D eigenvalue weighted by Crippen LogP contribution is -1.99. The van der Waals surface area contributed by atoms with E-state index >= 15 is 0 Å². The van der Waals surface area contributed by atoms with Gasteiger partial charge in [-0.1, -0.05) is 12.1 Å². The number of pyridine rings is 1. The second-order valence-corrected chi connectivity index (χ2v) is 4.71. The fourth-order valence-corrected chi connectivity index (χ4v) is 1.86. The molecule has 0 spiro atoms. The normalized spacial score (nSPS) is 10.1. The van der Waals surface area contributed by atoms with Gasteiger partial charge in [-0.05, 0) is 33.6 Å². The summed E-state index contributed by atoms with van der Waals surface area (Å²) in [5.74, 6) is 1.90. The Bertz CT molecular complexity index is 543. The van der Waals surface area contributed by atoms with Crippen LogP contribution < -0.4 is 14.2 Å². The van der Waals surface area contributed by atoms with Crippen LogP contribution in [0.3, 0.4) is 0 Å². The molecule has 0 aliphatic carbocycles. The Labute approximate surface area is 120 Å². The molecular formula is C14H14BrNO3. The van der Waals surface area contributed by atoms with Crippen molar-refractivity contribution in [3.05, 3.63) is 46.6 Å². The van der Waals surface area contributed by atoms with Crippen LogP contribution in [-0.2, 0) is 6.61 Å². The van der Waals surface area contributed by atoms with Crippen LogP contribution in [-0.4, -0.2) is 19.2 Å². The van der Waals surface area contributed by atoms with Gasteiger partial charge in [0.05, 0.1) is 14.2 Å². The number of rotatable bonds is 5. The molecule has 0 N–H and O–H groups in total. The SMILES string of the molecule is COc1ccc(COc2cc(Br)cnc2OC)cc1. The smallest absolute Gasteiger partial charge is 0.256 e. The highest BCUT2D eigenvalue weighted by Gasteiger charge is 2.07. The van der Waals surface area contributed by atoms with Gasteiger partial charge in [0.25, 0.3) is 5.88 Å². The molecule has 100 valence electrons. The third-order valence-electron chi connectivity index (χ3n) is 2.53. The number of benzene rings is 1. The summed E-state index contributed by atoms with van der Waals surface area (Å²) in [6, 6.07) is 9.53. The summed E-state index contributed by atoms with van der Waals surface area (Å²) >= 11 is 3.36. The Hall–Kier alpha value is -1.75. The van der Waals surface area contributed by atoms with Gasteiger partial charge in [-0.15, -0.1) is 0 Å². The van der Waals surface area contributed by atoms with E-state index in [0.29, 0.717) is 18.2 Å². The molecule has 19 heavy (non-hydrogen) atoms. The van der Waals surface area contributed by atoms with Gasteiger partial charge >= 0.3 is 0 Å². The fourth-order valence-electron chi connectivity index (χ4n) is 1.55. The van der Waals surface area contributed by atoms with Crippen molar-refractivity contribution in [3.8, 4) is 17.4 Å². The zero-order chi connectivity index (χ0) is 13.7. The molecule has 0 unspecified atom stereocenters. The molecule has 0 radical (unpaired) electrons. The Morgan fingerprint density at radius 1 is 1.11 bits per heavy atom. The molecule has 0 aliphatic rings. The van der Waals surface area contributed by atoms with Gasteiger partial charge in [-0.25, -0.2) is 4.98 Å². The monoisotopic (exact) mass is 323 g/mol. The Morgan fingerprint density at radius 2 is 1.84 bits per heavy atom. The van der Waals surface area contributed by atoms with Crippen LogP contribution >= 0.6 is 15.9 Å². The summed E-state index contributed by atoms with van der Waals surface area (Å²) in [4.78, 5) is 4.12. The number of hydrogen-bond donors (Lipinski definition) is 0. The lowest BCUT2D eigenvalue weighted by atomic mass is 10.2. The first-order valence-electron chi connectivity index (χ1n) is 5.68. The van der Waals surface area contributed by atoms with E-state index in [4.69, 9.17) is 14.2 Å². The molecule has 1 aromatic carbocycles. The van der Waals surface area contributed by atoms with Crippen LogP contribution in [0.4, 0.5) is 0 Å². The highest BCUT2D eigenvalue weighted by molar-refractivity contribution is 9.10. The molecular weight excluding hydrogens is 310 g/mol. The predicted octanol–water partition coefficient (Wildman–Crippen LogP) is 3.44. The van der Waals surface area contributed by atoms with E-state index in [1.54, 1.807) is 20.4 Å². The topological polar surface area (TPSA) is 40.6 Å². The number of methoxy groups -OCH3 is 2. The van der Waals surface area contributed by atoms with E-state index < -0.39 is 0 Å². The van der Waals surface area contributed by atoms with Crippen molar-refractivity contribution < 1.29 is 14.2 Å². The van der Waals surface area contributed by atoms with Crippen LogP contribution in [0.25, 0.3) is 0 Å². The number of hydrogen-bond acceptors (Lipinski definition) is 4. The Kier molecular flexibility index (Phi) is 4.63. The van der Waals surface area contributed by atoms with E-state index in [2.05, 4.69) is 20.9 Å². The standard InChI is InChI=1S/C14H14BrNO3/c1-17-12-5-3-10(4-6-12)9-19-13-7-11(15)8-16-14(13)18-2/h3-8H,9H2,1-2H3. The molecule has 0 amide bonds. The van der Waals surface area contributed by atoms with Gasteiger partial charge in [0.15, 0.2) is 5.75 Å². The highest BCUT2D eigenvalue weighted by atomic mass is 79.9. The van der Waals surface area contributed by atoms with Crippen molar-refractivity contribution in [2.24, 2.45) is 0 Å². The largest absolute Gasteiger partial charge is 0.497 e. The van der Waals surface area contributed by atoms with E-state index in [1.165, 1.54) is 0 Å². The maximum Gasteiger partial charge on any atom is 0.256 e. The average Bonchev–Trinajstić information content (AvgIpc) is 2.46. The molecule has 1 aromatic heterocycles. The van der Waals surface area contributed by atoms with Gasteiger partial charge in [-0.2, -0.15) is 0 Å². The van der Waals surface area contributed by atoms with Crippen molar-refractivity contribution in [1.82, 2.24) is 4.98 Å². The number of ether oxygens (including phenoxy) is 3. The zero-order valence-electron chi connectivity index (χ0n) is 10.7. The Balaban J connectivity index is 2.07. The predicted molar refractivity (Wildman–Crippen MR) is 75.8 cm³/mol. The second kappa shape index (κ2) is 6.43. The third kappa shape index (κ3) is 3.61. The molecule has 0 bridgehead atoms. The quantitative estimate of drug-likeness (QED) is 0.845. The van der Waals surface area contributed by atoms with Gasteiger partial charge in [-0.3, -0.25) is 0 Å². The van der Waals surface area contributed by atoms with Gasteiger partial charge in [0.2, 0.25) is 0 Å². The van der Waals surface area contributed by atoms with E-state index in [-0.39, 0.29) is 0 Å². The first-order chi connectivity index (χ1) is 9.22. The maximum atomic E-state index is 5.71. The number of nitrogens with zero attached hydrogens (tertiary/aromatic N) is 1. The minimum Gasteiger partial charge on any atom is -0.497 e. The summed E-state index contributed by atoms with van der Waals surface area (Å²) in [6.07, 6.45) is 1.67. The number of halogens is 1. The van der Waals surface area contributed by atoms with Crippen molar-refractivity contribution in [2.75, 3.05) is 14.2 Å². The summed E-state index contributed by atoms with van der Waals surface area (Å²) < 4.78 is 16.8. The lowest BCUT2D eigenvalue weighted by Gasteiger charge is -2.10. The molecule has 2 rings (SSSR count). The summed E-state index contributed by atoms with van der Waals surface area (Å²) in [5, 5.41) is 0. The highest BCUT2D eigenvalue weighted by Crippen LogP contribution is 2.28. The second-order valence-electron chi connectivity index (χ2n) is 3.80. The van der Waals surface area contributed by atoms with Crippen molar-refractivity contribution in [3.63, 3.8) is 0 Å². The molecule has 5 heteroatoms. The van der Waals surface area contributed by atoms with Gasteiger partial charge < -0.3 is 14.2 Å². The van der Waals surface area contributed by atoms with E-state index in [9.17, 15) is 0 Å². The molecule has 1 heterocycles. The molecule has 0 saturated heterocycles. The van der Waals surface area contributed by atoms with E-state index in [1.807, 2.05) is 30.3 Å². The van der Waals surface area contributed by atoms with Crippen molar-refractivity contribution >= 4 is 15.9 Å². The lowest BCUT2D eigenvalue weighted by molar-refractivity contribution is 0.279. The minimum atomic E-state index is 0.443. The van der Waals surface area contributed by atoms with Crippen molar-refractivity contribution in [1.29, 1.82) is 0 Å². The molecule has 0 atom stereocenters. The van der Waals surface area contributed by atoms with Crippen LogP contribution in [0, 0.1) is 0 Å². The first-order valence-corrected chi connectivity index (χ1v) is 6.47. The average molecular weight is 324 g/mol. The molecule has 0 saturated carbocycles. The van der Waals surface area contributed by atoms with Gasteiger partial charge in [0.1, 0.15) is 12.4 Å². The van der Waals surface area contributed by atoms with Crippen LogP contribution in [0.2, 0.25) is 0 Å². The summed E-state index contributed by atoms with van der Waals surface area (Å²) in [6.45, 7) is 0.443.